The van der Waals surface area contributed by atoms with Crippen molar-refractivity contribution in [3.63, 3.8) is 0 Å². The number of aromatic nitrogens is 2. The van der Waals surface area contributed by atoms with Gasteiger partial charge in [-0.15, -0.1) is 0 Å². The fourth-order valence-electron chi connectivity index (χ4n) is 4.34. The molecular formula is C22H32N4O3S. The SMILES string of the molecule is Cc1nn(C)c(C)c1C(C)NC(=O)c1ccc(CC2CCN(S(C)(=O)=O)CC2)cc1. The van der Waals surface area contributed by atoms with Gasteiger partial charge in [0.05, 0.1) is 18.0 Å². The molecule has 0 aliphatic carbocycles. The van der Waals surface area contributed by atoms with Crippen LogP contribution in [-0.2, 0) is 23.5 Å². The highest BCUT2D eigenvalue weighted by Crippen LogP contribution is 2.24. The highest BCUT2D eigenvalue weighted by molar-refractivity contribution is 7.88. The highest BCUT2D eigenvalue weighted by Gasteiger charge is 2.25. The van der Waals surface area contributed by atoms with Gasteiger partial charge < -0.3 is 5.32 Å². The van der Waals surface area contributed by atoms with Crippen LogP contribution in [0.4, 0.5) is 0 Å². The molecule has 1 saturated heterocycles. The molecule has 1 unspecified atom stereocenters. The predicted octanol–water partition coefficient (Wildman–Crippen LogP) is 2.74. The number of hydrogen-bond donors (Lipinski definition) is 1. The van der Waals surface area contributed by atoms with E-state index in [1.165, 1.54) is 11.8 Å². The topological polar surface area (TPSA) is 84.3 Å². The molecule has 2 aromatic rings. The molecule has 1 amide bonds. The first-order valence-electron chi connectivity index (χ1n) is 10.4. The van der Waals surface area contributed by atoms with E-state index in [4.69, 9.17) is 0 Å². The van der Waals surface area contributed by atoms with Crippen LogP contribution in [0.15, 0.2) is 24.3 Å². The molecule has 1 aromatic carbocycles. The third kappa shape index (κ3) is 5.10. The summed E-state index contributed by atoms with van der Waals surface area (Å²) in [6, 6.07) is 7.62. The Bertz CT molecular complexity index is 1000. The third-order valence-electron chi connectivity index (χ3n) is 6.13. The average molecular weight is 433 g/mol. The monoisotopic (exact) mass is 432 g/mol. The number of rotatable bonds is 6. The molecule has 3 rings (SSSR count). The van der Waals surface area contributed by atoms with Crippen LogP contribution in [0.3, 0.4) is 0 Å². The van der Waals surface area contributed by atoms with Gasteiger partial charge in [-0.1, -0.05) is 12.1 Å². The van der Waals surface area contributed by atoms with Crippen molar-refractivity contribution in [3.8, 4) is 0 Å². The first-order valence-corrected chi connectivity index (χ1v) is 12.3. The largest absolute Gasteiger partial charge is 0.345 e. The summed E-state index contributed by atoms with van der Waals surface area (Å²) in [6.07, 6.45) is 3.92. The van der Waals surface area contributed by atoms with Gasteiger partial charge in [0.15, 0.2) is 0 Å². The van der Waals surface area contributed by atoms with E-state index in [1.54, 1.807) is 4.31 Å². The van der Waals surface area contributed by atoms with E-state index in [2.05, 4.69) is 10.4 Å². The smallest absolute Gasteiger partial charge is 0.251 e. The Morgan fingerprint density at radius 2 is 1.80 bits per heavy atom. The van der Waals surface area contributed by atoms with Gasteiger partial charge in [0.25, 0.3) is 5.91 Å². The number of carbonyl (C=O) groups excluding carboxylic acids is 1. The molecule has 0 bridgehead atoms. The second-order valence-corrected chi connectivity index (χ2v) is 10.4. The average Bonchev–Trinajstić information content (AvgIpc) is 2.93. The maximum Gasteiger partial charge on any atom is 0.251 e. The van der Waals surface area contributed by atoms with E-state index < -0.39 is 10.0 Å². The number of piperidine rings is 1. The summed E-state index contributed by atoms with van der Waals surface area (Å²) in [5, 5.41) is 7.50. The summed E-state index contributed by atoms with van der Waals surface area (Å²) in [5.41, 5.74) is 4.86. The molecule has 1 atom stereocenters. The normalized spacial score (nSPS) is 17.1. The van der Waals surface area contributed by atoms with E-state index in [-0.39, 0.29) is 11.9 Å². The number of nitrogens with one attached hydrogen (secondary N) is 1. The molecule has 7 nitrogen and oxygen atoms in total. The van der Waals surface area contributed by atoms with Crippen molar-refractivity contribution in [1.82, 2.24) is 19.4 Å². The summed E-state index contributed by atoms with van der Waals surface area (Å²) in [7, 11) is -1.18. The van der Waals surface area contributed by atoms with Crippen molar-refractivity contribution < 1.29 is 13.2 Å². The standard InChI is InChI=1S/C22H32N4O3S/c1-15(21-16(2)24-25(4)17(21)3)23-22(27)20-8-6-18(7-9-20)14-19-10-12-26(13-11-19)30(5,28)29/h6-9,15,19H,10-14H2,1-5H3,(H,23,27). The lowest BCUT2D eigenvalue weighted by atomic mass is 9.90. The van der Waals surface area contributed by atoms with E-state index in [0.717, 1.165) is 36.2 Å². The second-order valence-electron chi connectivity index (χ2n) is 8.41. The minimum Gasteiger partial charge on any atom is -0.345 e. The van der Waals surface area contributed by atoms with E-state index in [1.807, 2.05) is 56.8 Å². The fraction of sp³-hybridized carbons (Fsp3) is 0.545. The van der Waals surface area contributed by atoms with Crippen LogP contribution in [0.25, 0.3) is 0 Å². The van der Waals surface area contributed by atoms with E-state index >= 15 is 0 Å². The van der Waals surface area contributed by atoms with Crippen LogP contribution in [0.5, 0.6) is 0 Å². The van der Waals surface area contributed by atoms with Gasteiger partial charge in [-0.25, -0.2) is 12.7 Å². The second kappa shape index (κ2) is 8.89. The summed E-state index contributed by atoms with van der Waals surface area (Å²) < 4.78 is 26.7. The Balaban J connectivity index is 1.57. The summed E-state index contributed by atoms with van der Waals surface area (Å²) in [5.74, 6) is 0.373. The zero-order chi connectivity index (χ0) is 22.1. The number of benzene rings is 1. The fourth-order valence-corrected chi connectivity index (χ4v) is 5.21. The van der Waals surface area contributed by atoms with Crippen molar-refractivity contribution >= 4 is 15.9 Å². The molecule has 0 spiro atoms. The third-order valence-corrected chi connectivity index (χ3v) is 7.43. The van der Waals surface area contributed by atoms with Crippen molar-refractivity contribution in [3.05, 3.63) is 52.3 Å². The van der Waals surface area contributed by atoms with Crippen LogP contribution < -0.4 is 5.32 Å². The minimum atomic E-state index is -3.09. The van der Waals surface area contributed by atoms with E-state index in [0.29, 0.717) is 24.6 Å². The van der Waals surface area contributed by atoms with Crippen LogP contribution in [0.1, 0.15) is 58.7 Å². The molecule has 1 N–H and O–H groups in total. The Morgan fingerprint density at radius 1 is 1.20 bits per heavy atom. The van der Waals surface area contributed by atoms with Gasteiger partial charge in [-0.2, -0.15) is 5.10 Å². The number of hydrogen-bond acceptors (Lipinski definition) is 4. The van der Waals surface area contributed by atoms with E-state index in [9.17, 15) is 13.2 Å². The van der Waals surface area contributed by atoms with Crippen LogP contribution in [0.2, 0.25) is 0 Å². The Labute approximate surface area is 179 Å². The minimum absolute atomic E-state index is 0.0989. The molecule has 1 fully saturated rings. The van der Waals surface area contributed by atoms with Crippen LogP contribution in [0, 0.1) is 19.8 Å². The molecule has 30 heavy (non-hydrogen) atoms. The van der Waals surface area contributed by atoms with Crippen LogP contribution in [-0.4, -0.2) is 47.8 Å². The molecule has 1 aliphatic rings. The molecule has 1 aromatic heterocycles. The van der Waals surface area contributed by atoms with Crippen molar-refractivity contribution in [2.45, 2.75) is 46.1 Å². The first-order chi connectivity index (χ1) is 14.1. The summed E-state index contributed by atoms with van der Waals surface area (Å²) >= 11 is 0. The van der Waals surface area contributed by atoms with Gasteiger partial charge in [-0.3, -0.25) is 9.48 Å². The maximum absolute atomic E-state index is 12.7. The summed E-state index contributed by atoms with van der Waals surface area (Å²) in [4.78, 5) is 12.7. The Morgan fingerprint density at radius 3 is 2.30 bits per heavy atom. The molecule has 1 aliphatic heterocycles. The van der Waals surface area contributed by atoms with Gasteiger partial charge in [0, 0.05) is 37.0 Å². The van der Waals surface area contributed by atoms with Gasteiger partial charge in [0.2, 0.25) is 10.0 Å². The Hall–Kier alpha value is -2.19. The van der Waals surface area contributed by atoms with Crippen molar-refractivity contribution in [2.24, 2.45) is 13.0 Å². The van der Waals surface area contributed by atoms with Crippen molar-refractivity contribution in [1.29, 1.82) is 0 Å². The molecule has 164 valence electrons. The predicted molar refractivity (Wildman–Crippen MR) is 118 cm³/mol. The molecule has 8 heteroatoms. The highest BCUT2D eigenvalue weighted by atomic mass is 32.2. The molecule has 0 radical (unpaired) electrons. The lowest BCUT2D eigenvalue weighted by Gasteiger charge is -2.30. The number of aryl methyl sites for hydroxylation is 2. The summed E-state index contributed by atoms with van der Waals surface area (Å²) in [6.45, 7) is 7.13. The molecule has 0 saturated carbocycles. The quantitative estimate of drug-likeness (QED) is 0.761. The van der Waals surface area contributed by atoms with Crippen LogP contribution >= 0.6 is 0 Å². The lowest BCUT2D eigenvalue weighted by molar-refractivity contribution is 0.0939. The zero-order valence-electron chi connectivity index (χ0n) is 18.5. The first kappa shape index (κ1) is 22.5. The van der Waals surface area contributed by atoms with Gasteiger partial charge in [-0.05, 0) is 63.6 Å². The van der Waals surface area contributed by atoms with Gasteiger partial charge in [0.1, 0.15) is 0 Å². The Kier molecular flexibility index (Phi) is 6.67. The maximum atomic E-state index is 12.7. The van der Waals surface area contributed by atoms with Gasteiger partial charge >= 0.3 is 0 Å². The zero-order valence-corrected chi connectivity index (χ0v) is 19.3. The number of nitrogens with zero attached hydrogens (tertiary/aromatic N) is 3. The number of amides is 1. The molecule has 2 heterocycles. The van der Waals surface area contributed by atoms with Crippen molar-refractivity contribution in [2.75, 3.05) is 19.3 Å². The number of carbonyl (C=O) groups is 1. The number of sulfonamides is 1. The lowest BCUT2D eigenvalue weighted by Crippen LogP contribution is -2.38. The molecular weight excluding hydrogens is 400 g/mol.